The molecule has 3 rings (SSSR count). The van der Waals surface area contributed by atoms with E-state index in [4.69, 9.17) is 22.1 Å². The van der Waals surface area contributed by atoms with Gasteiger partial charge in [0.25, 0.3) is 0 Å². The van der Waals surface area contributed by atoms with Crippen molar-refractivity contribution in [2.24, 2.45) is 0 Å². The van der Waals surface area contributed by atoms with Gasteiger partial charge >= 0.3 is 5.97 Å². The third-order valence-corrected chi connectivity index (χ3v) is 5.34. The molecule has 0 atom stereocenters. The van der Waals surface area contributed by atoms with Gasteiger partial charge in [0.1, 0.15) is 12.4 Å². The molecule has 1 aliphatic rings. The standard InChI is InChI=1S/C18H19NO3.C5H7ClS/c1-21-18(20)13-7-5-12(6-8-13)11-22-17-10-15-4-2-3-14(15)9-16(17)19;1-3-5(6)4(2)7/h5-10H,2-4,11,19H2,1H3;3,7H,2H2,1H3/b;5-3+. The maximum Gasteiger partial charge on any atom is 0.337 e. The number of fused-ring (bicyclic) bond motifs is 1. The van der Waals surface area contributed by atoms with E-state index in [0.717, 1.165) is 24.2 Å². The number of benzene rings is 2. The summed E-state index contributed by atoms with van der Waals surface area (Å²) in [5, 5.41) is 0.614. The minimum absolute atomic E-state index is 0.338. The molecule has 0 amide bonds. The molecule has 4 nitrogen and oxygen atoms in total. The van der Waals surface area contributed by atoms with Gasteiger partial charge in [-0.2, -0.15) is 0 Å². The number of halogens is 1. The highest BCUT2D eigenvalue weighted by atomic mass is 35.5. The van der Waals surface area contributed by atoms with E-state index in [1.165, 1.54) is 24.7 Å². The molecule has 0 aliphatic heterocycles. The summed E-state index contributed by atoms with van der Waals surface area (Å²) in [6.45, 7) is 5.75. The highest BCUT2D eigenvalue weighted by molar-refractivity contribution is 7.84. The van der Waals surface area contributed by atoms with Crippen LogP contribution in [0.25, 0.3) is 0 Å². The molecular formula is C23H26ClNO3S. The summed E-state index contributed by atoms with van der Waals surface area (Å²) in [7, 11) is 1.37. The normalized spacial score (nSPS) is 12.5. The van der Waals surface area contributed by atoms with Crippen LogP contribution in [0.4, 0.5) is 5.69 Å². The average Bonchev–Trinajstić information content (AvgIpc) is 3.18. The first-order chi connectivity index (χ1) is 13.8. The molecule has 0 heterocycles. The minimum Gasteiger partial charge on any atom is -0.487 e. The lowest BCUT2D eigenvalue weighted by atomic mass is 10.1. The molecule has 6 heteroatoms. The zero-order valence-electron chi connectivity index (χ0n) is 16.7. The molecule has 1 aliphatic carbocycles. The van der Waals surface area contributed by atoms with Crippen LogP contribution in [0.15, 0.2) is 59.0 Å². The van der Waals surface area contributed by atoms with Crippen molar-refractivity contribution in [3.8, 4) is 5.75 Å². The Labute approximate surface area is 182 Å². The molecule has 0 unspecified atom stereocenters. The predicted molar refractivity (Wildman–Crippen MR) is 123 cm³/mol. The average molecular weight is 432 g/mol. The molecule has 2 aromatic rings. The molecular weight excluding hydrogens is 406 g/mol. The third-order valence-electron chi connectivity index (χ3n) is 4.52. The first-order valence-electron chi connectivity index (χ1n) is 9.27. The maximum atomic E-state index is 11.4. The van der Waals surface area contributed by atoms with Gasteiger partial charge in [0.05, 0.1) is 18.4 Å². The minimum atomic E-state index is -0.338. The van der Waals surface area contributed by atoms with Gasteiger partial charge in [-0.15, -0.1) is 12.6 Å². The molecule has 0 saturated heterocycles. The first kappa shape index (κ1) is 22.9. The van der Waals surface area contributed by atoms with Crippen molar-refractivity contribution in [2.75, 3.05) is 12.8 Å². The number of hydrogen-bond donors (Lipinski definition) is 2. The second-order valence-electron chi connectivity index (χ2n) is 6.57. The Hall–Kier alpha value is -2.37. The molecule has 29 heavy (non-hydrogen) atoms. The number of anilines is 1. The largest absolute Gasteiger partial charge is 0.487 e. The smallest absolute Gasteiger partial charge is 0.337 e. The fourth-order valence-corrected chi connectivity index (χ4v) is 3.06. The number of carbonyl (C=O) groups is 1. The Bertz CT molecular complexity index is 907. The number of ether oxygens (including phenoxy) is 2. The molecule has 2 N–H and O–H groups in total. The maximum absolute atomic E-state index is 11.4. The van der Waals surface area contributed by atoms with Crippen molar-refractivity contribution in [1.29, 1.82) is 0 Å². The van der Waals surface area contributed by atoms with Crippen LogP contribution >= 0.6 is 24.2 Å². The number of esters is 1. The quantitative estimate of drug-likeness (QED) is 0.276. The number of methoxy groups -OCH3 is 1. The Kier molecular flexibility index (Phi) is 8.68. The van der Waals surface area contributed by atoms with Crippen LogP contribution in [0.2, 0.25) is 0 Å². The number of rotatable bonds is 5. The predicted octanol–water partition coefficient (Wildman–Crippen LogP) is 5.70. The Morgan fingerprint density at radius 3 is 2.38 bits per heavy atom. The van der Waals surface area contributed by atoms with Crippen LogP contribution in [0.5, 0.6) is 5.75 Å². The monoisotopic (exact) mass is 431 g/mol. The van der Waals surface area contributed by atoms with E-state index in [1.54, 1.807) is 18.2 Å². The summed E-state index contributed by atoms with van der Waals surface area (Å²) in [5.41, 5.74) is 10.9. The van der Waals surface area contributed by atoms with Gasteiger partial charge in [-0.3, -0.25) is 0 Å². The van der Waals surface area contributed by atoms with Gasteiger partial charge in [-0.25, -0.2) is 4.79 Å². The topological polar surface area (TPSA) is 61.5 Å². The Morgan fingerprint density at radius 1 is 1.24 bits per heavy atom. The fraction of sp³-hybridized carbons (Fsp3) is 0.261. The van der Waals surface area contributed by atoms with Gasteiger partial charge in [-0.1, -0.05) is 36.4 Å². The van der Waals surface area contributed by atoms with Gasteiger partial charge in [0, 0.05) is 9.94 Å². The highest BCUT2D eigenvalue weighted by Gasteiger charge is 2.14. The van der Waals surface area contributed by atoms with E-state index < -0.39 is 0 Å². The van der Waals surface area contributed by atoms with E-state index in [2.05, 4.69) is 30.0 Å². The van der Waals surface area contributed by atoms with Crippen molar-refractivity contribution >= 4 is 35.9 Å². The number of carbonyl (C=O) groups excluding carboxylic acids is 1. The van der Waals surface area contributed by atoms with Crippen LogP contribution < -0.4 is 10.5 Å². The van der Waals surface area contributed by atoms with Gasteiger partial charge in [0.2, 0.25) is 0 Å². The second kappa shape index (κ2) is 11.0. The number of nitrogens with two attached hydrogens (primary N) is 1. The molecule has 0 fully saturated rings. The lowest BCUT2D eigenvalue weighted by Gasteiger charge is -2.11. The van der Waals surface area contributed by atoms with Crippen LogP contribution in [0.1, 0.15) is 40.4 Å². The molecule has 154 valence electrons. The summed E-state index contributed by atoms with van der Waals surface area (Å²) in [4.78, 5) is 12.0. The van der Waals surface area contributed by atoms with Crippen molar-refractivity contribution in [3.63, 3.8) is 0 Å². The fourth-order valence-electron chi connectivity index (χ4n) is 2.93. The van der Waals surface area contributed by atoms with E-state index in [0.29, 0.717) is 27.8 Å². The number of allylic oxidation sites excluding steroid dienone is 2. The van der Waals surface area contributed by atoms with E-state index in [9.17, 15) is 4.79 Å². The Balaban J connectivity index is 0.000000370. The second-order valence-corrected chi connectivity index (χ2v) is 7.52. The summed E-state index contributed by atoms with van der Waals surface area (Å²) in [6, 6.07) is 11.3. The van der Waals surface area contributed by atoms with Crippen molar-refractivity contribution in [2.45, 2.75) is 32.8 Å². The zero-order chi connectivity index (χ0) is 21.4. The van der Waals surface area contributed by atoms with Crippen molar-refractivity contribution in [3.05, 3.63) is 81.2 Å². The zero-order valence-corrected chi connectivity index (χ0v) is 18.4. The third kappa shape index (κ3) is 6.58. The number of aryl methyl sites for hydroxylation is 2. The van der Waals surface area contributed by atoms with E-state index in [-0.39, 0.29) is 5.97 Å². The van der Waals surface area contributed by atoms with E-state index >= 15 is 0 Å². The summed E-state index contributed by atoms with van der Waals surface area (Å²) in [6.07, 6.45) is 5.14. The highest BCUT2D eigenvalue weighted by Crippen LogP contribution is 2.32. The van der Waals surface area contributed by atoms with Gasteiger partial charge in [-0.05, 0) is 67.1 Å². The van der Waals surface area contributed by atoms with Crippen molar-refractivity contribution in [1.82, 2.24) is 0 Å². The number of thiol groups is 1. The summed E-state index contributed by atoms with van der Waals surface area (Å²) < 4.78 is 10.5. The summed E-state index contributed by atoms with van der Waals surface area (Å²) in [5.74, 6) is 0.396. The molecule has 0 radical (unpaired) electrons. The van der Waals surface area contributed by atoms with Crippen LogP contribution in [0, 0.1) is 0 Å². The lowest BCUT2D eigenvalue weighted by Crippen LogP contribution is -2.03. The molecule has 0 spiro atoms. The lowest BCUT2D eigenvalue weighted by molar-refractivity contribution is 0.0600. The molecule has 2 aromatic carbocycles. The SMILES string of the molecule is C=C(S)/C(Cl)=C\C.COC(=O)c1ccc(COc2cc3c(cc2N)CCC3)cc1. The van der Waals surface area contributed by atoms with Gasteiger partial charge < -0.3 is 15.2 Å². The van der Waals surface area contributed by atoms with Crippen LogP contribution in [0.3, 0.4) is 0 Å². The first-order valence-corrected chi connectivity index (χ1v) is 10.1. The number of hydrogen-bond acceptors (Lipinski definition) is 5. The molecule has 0 bridgehead atoms. The van der Waals surface area contributed by atoms with Crippen LogP contribution in [-0.4, -0.2) is 13.1 Å². The number of nitrogen functional groups attached to an aromatic ring is 1. The van der Waals surface area contributed by atoms with E-state index in [1.807, 2.05) is 25.1 Å². The Morgan fingerprint density at radius 2 is 1.86 bits per heavy atom. The van der Waals surface area contributed by atoms with Crippen molar-refractivity contribution < 1.29 is 14.3 Å². The van der Waals surface area contributed by atoms with Gasteiger partial charge in [0.15, 0.2) is 0 Å². The summed E-state index contributed by atoms with van der Waals surface area (Å²) >= 11 is 9.36. The van der Waals surface area contributed by atoms with Crippen LogP contribution in [-0.2, 0) is 24.2 Å². The molecule has 0 saturated carbocycles. The molecule has 0 aromatic heterocycles.